The summed E-state index contributed by atoms with van der Waals surface area (Å²) in [6.45, 7) is 2.02. The molecule has 0 radical (unpaired) electrons. The molecule has 162 valence electrons. The van der Waals surface area contributed by atoms with E-state index in [0.29, 0.717) is 19.5 Å². The maximum atomic E-state index is 12.7. The van der Waals surface area contributed by atoms with Crippen molar-refractivity contribution in [1.82, 2.24) is 10.2 Å². The van der Waals surface area contributed by atoms with Crippen LogP contribution in [-0.2, 0) is 22.4 Å². The molecule has 2 aliphatic heterocycles. The van der Waals surface area contributed by atoms with Crippen LogP contribution < -0.4 is 14.8 Å². The predicted molar refractivity (Wildman–Crippen MR) is 119 cm³/mol. The summed E-state index contributed by atoms with van der Waals surface area (Å²) in [5.74, 6) is 1.67. The third kappa shape index (κ3) is 5.26. The van der Waals surface area contributed by atoms with Gasteiger partial charge in [-0.25, -0.2) is 0 Å². The fourth-order valence-corrected chi connectivity index (χ4v) is 4.13. The van der Waals surface area contributed by atoms with Gasteiger partial charge in [-0.3, -0.25) is 9.59 Å². The molecular weight excluding hydrogens is 392 g/mol. The van der Waals surface area contributed by atoms with Gasteiger partial charge in [-0.2, -0.15) is 0 Å². The number of benzene rings is 2. The third-order valence-corrected chi connectivity index (χ3v) is 5.87. The van der Waals surface area contributed by atoms with Crippen LogP contribution >= 0.6 is 0 Å². The maximum Gasteiger partial charge on any atom is 0.244 e. The van der Waals surface area contributed by atoms with Crippen molar-refractivity contribution in [2.24, 2.45) is 0 Å². The first-order valence-corrected chi connectivity index (χ1v) is 10.8. The van der Waals surface area contributed by atoms with E-state index >= 15 is 0 Å². The zero-order valence-electron chi connectivity index (χ0n) is 17.8. The average molecular weight is 421 g/mol. The summed E-state index contributed by atoms with van der Waals surface area (Å²) >= 11 is 0. The van der Waals surface area contributed by atoms with Gasteiger partial charge < -0.3 is 19.7 Å². The number of rotatable bonds is 6. The van der Waals surface area contributed by atoms with Gasteiger partial charge in [-0.05, 0) is 48.2 Å². The number of amides is 2. The second kappa shape index (κ2) is 9.69. The highest BCUT2D eigenvalue weighted by Crippen LogP contribution is 2.26. The van der Waals surface area contributed by atoms with Gasteiger partial charge in [0.2, 0.25) is 11.8 Å². The first kappa shape index (κ1) is 21.0. The minimum atomic E-state index is -0.101. The zero-order chi connectivity index (χ0) is 21.6. The largest absolute Gasteiger partial charge is 0.496 e. The normalized spacial score (nSPS) is 16.1. The lowest BCUT2D eigenvalue weighted by Gasteiger charge is -2.32. The molecule has 0 aromatic heterocycles. The number of nitrogens with one attached hydrogen (secondary N) is 1. The summed E-state index contributed by atoms with van der Waals surface area (Å²) in [5, 5.41) is 3.06. The lowest BCUT2D eigenvalue weighted by atomic mass is 10.0. The van der Waals surface area contributed by atoms with E-state index in [0.717, 1.165) is 48.5 Å². The minimum Gasteiger partial charge on any atom is -0.496 e. The van der Waals surface area contributed by atoms with Crippen LogP contribution in [0, 0.1) is 0 Å². The second-order valence-corrected chi connectivity index (χ2v) is 7.95. The van der Waals surface area contributed by atoms with Gasteiger partial charge in [0, 0.05) is 37.2 Å². The lowest BCUT2D eigenvalue weighted by Crippen LogP contribution is -2.46. The number of carbonyl (C=O) groups excluding carboxylic acids is 2. The van der Waals surface area contributed by atoms with Crippen LogP contribution in [0.4, 0.5) is 0 Å². The summed E-state index contributed by atoms with van der Waals surface area (Å²) in [6, 6.07) is 13.7. The number of piperidine rings is 1. The van der Waals surface area contributed by atoms with Gasteiger partial charge in [0.05, 0.1) is 20.1 Å². The molecule has 0 bridgehead atoms. The van der Waals surface area contributed by atoms with E-state index in [-0.39, 0.29) is 17.9 Å². The molecule has 0 unspecified atom stereocenters. The van der Waals surface area contributed by atoms with E-state index in [1.807, 2.05) is 47.4 Å². The van der Waals surface area contributed by atoms with Crippen molar-refractivity contribution < 1.29 is 19.1 Å². The molecule has 6 nitrogen and oxygen atoms in total. The predicted octanol–water partition coefficient (Wildman–Crippen LogP) is 2.99. The van der Waals surface area contributed by atoms with Gasteiger partial charge >= 0.3 is 0 Å². The first-order valence-electron chi connectivity index (χ1n) is 10.8. The number of nitrogens with zero attached hydrogens (tertiary/aromatic N) is 1. The number of para-hydroxylation sites is 1. The summed E-state index contributed by atoms with van der Waals surface area (Å²) in [4.78, 5) is 26.9. The maximum absolute atomic E-state index is 12.7. The molecule has 4 rings (SSSR count). The van der Waals surface area contributed by atoms with Crippen molar-refractivity contribution in [3.8, 4) is 11.5 Å². The van der Waals surface area contributed by atoms with Gasteiger partial charge in [0.1, 0.15) is 11.5 Å². The molecule has 1 N–H and O–H groups in total. The fourth-order valence-electron chi connectivity index (χ4n) is 4.13. The molecule has 2 aliphatic rings. The number of hydrogen-bond donors (Lipinski definition) is 1. The van der Waals surface area contributed by atoms with Crippen molar-refractivity contribution in [2.45, 2.75) is 31.7 Å². The number of carbonyl (C=O) groups is 2. The van der Waals surface area contributed by atoms with Crippen molar-refractivity contribution >= 4 is 17.9 Å². The van der Waals surface area contributed by atoms with Crippen LogP contribution in [0.1, 0.15) is 29.5 Å². The summed E-state index contributed by atoms with van der Waals surface area (Å²) in [6.07, 6.45) is 6.17. The molecule has 0 spiro atoms. The van der Waals surface area contributed by atoms with Gasteiger partial charge in [-0.1, -0.05) is 24.3 Å². The summed E-state index contributed by atoms with van der Waals surface area (Å²) < 4.78 is 10.9. The van der Waals surface area contributed by atoms with Crippen LogP contribution in [0.5, 0.6) is 11.5 Å². The number of ether oxygens (including phenoxy) is 2. The SMILES string of the molecule is COc1ccccc1CC(=O)N1CCC(NC(=O)/C=C/c2ccc3c(c2)CCO3)CC1. The summed E-state index contributed by atoms with van der Waals surface area (Å²) in [5.41, 5.74) is 3.08. The Morgan fingerprint density at radius 3 is 2.81 bits per heavy atom. The molecule has 0 atom stereocenters. The fraction of sp³-hybridized carbons (Fsp3) is 0.360. The molecule has 2 heterocycles. The highest BCUT2D eigenvalue weighted by molar-refractivity contribution is 5.92. The minimum absolute atomic E-state index is 0.0841. The van der Waals surface area contributed by atoms with E-state index in [4.69, 9.17) is 9.47 Å². The van der Waals surface area contributed by atoms with Gasteiger partial charge in [0.25, 0.3) is 0 Å². The van der Waals surface area contributed by atoms with E-state index in [9.17, 15) is 9.59 Å². The van der Waals surface area contributed by atoms with Crippen LogP contribution in [0.3, 0.4) is 0 Å². The van der Waals surface area contributed by atoms with Gasteiger partial charge in [-0.15, -0.1) is 0 Å². The molecule has 0 saturated carbocycles. The van der Waals surface area contributed by atoms with E-state index < -0.39 is 0 Å². The van der Waals surface area contributed by atoms with E-state index in [1.165, 1.54) is 5.56 Å². The van der Waals surface area contributed by atoms with Crippen molar-refractivity contribution in [2.75, 3.05) is 26.8 Å². The van der Waals surface area contributed by atoms with Crippen LogP contribution in [-0.4, -0.2) is 49.6 Å². The summed E-state index contributed by atoms with van der Waals surface area (Å²) in [7, 11) is 1.62. The van der Waals surface area contributed by atoms with E-state index in [2.05, 4.69) is 11.4 Å². The second-order valence-electron chi connectivity index (χ2n) is 7.95. The molecular formula is C25H28N2O4. The molecule has 6 heteroatoms. The Morgan fingerprint density at radius 1 is 1.19 bits per heavy atom. The van der Waals surface area contributed by atoms with Gasteiger partial charge in [0.15, 0.2) is 0 Å². The topological polar surface area (TPSA) is 67.9 Å². The zero-order valence-corrected chi connectivity index (χ0v) is 17.8. The Bertz CT molecular complexity index is 977. The molecule has 2 amide bonds. The van der Waals surface area contributed by atoms with Crippen LogP contribution in [0.2, 0.25) is 0 Å². The Balaban J connectivity index is 1.24. The monoisotopic (exact) mass is 420 g/mol. The Labute approximate surface area is 182 Å². The lowest BCUT2D eigenvalue weighted by molar-refractivity contribution is -0.131. The Hall–Kier alpha value is -3.28. The number of likely N-dealkylation sites (tertiary alicyclic amines) is 1. The number of methoxy groups -OCH3 is 1. The van der Waals surface area contributed by atoms with Crippen molar-refractivity contribution in [3.63, 3.8) is 0 Å². The smallest absolute Gasteiger partial charge is 0.244 e. The molecule has 1 fully saturated rings. The molecule has 31 heavy (non-hydrogen) atoms. The molecule has 0 aliphatic carbocycles. The third-order valence-electron chi connectivity index (χ3n) is 5.87. The quantitative estimate of drug-likeness (QED) is 0.730. The molecule has 2 aromatic rings. The Kier molecular flexibility index (Phi) is 6.55. The molecule has 2 aromatic carbocycles. The Morgan fingerprint density at radius 2 is 2.00 bits per heavy atom. The van der Waals surface area contributed by atoms with Crippen molar-refractivity contribution in [3.05, 3.63) is 65.2 Å². The van der Waals surface area contributed by atoms with Crippen molar-refractivity contribution in [1.29, 1.82) is 0 Å². The number of hydrogen-bond acceptors (Lipinski definition) is 4. The first-order chi connectivity index (χ1) is 15.1. The van der Waals surface area contributed by atoms with E-state index in [1.54, 1.807) is 13.2 Å². The van der Waals surface area contributed by atoms with Crippen LogP contribution in [0.15, 0.2) is 48.5 Å². The molecule has 1 saturated heterocycles. The highest BCUT2D eigenvalue weighted by atomic mass is 16.5. The highest BCUT2D eigenvalue weighted by Gasteiger charge is 2.24. The average Bonchev–Trinajstić information content (AvgIpc) is 3.26. The number of fused-ring (bicyclic) bond motifs is 1. The standard InChI is InChI=1S/C25H28N2O4/c1-30-22-5-3-2-4-19(22)17-25(29)27-13-10-21(11-14-27)26-24(28)9-7-18-6-8-23-20(16-18)12-15-31-23/h2-9,16,21H,10-15,17H2,1H3,(H,26,28)/b9-7+. The van der Waals surface area contributed by atoms with Crippen LogP contribution in [0.25, 0.3) is 6.08 Å².